The zero-order chi connectivity index (χ0) is 16.1. The van der Waals surface area contributed by atoms with Crippen LogP contribution in [0.15, 0.2) is 50.4 Å². The van der Waals surface area contributed by atoms with Gasteiger partial charge in [-0.2, -0.15) is 0 Å². The van der Waals surface area contributed by atoms with Gasteiger partial charge in [0.1, 0.15) is 12.3 Å². The number of nitrogens with zero attached hydrogens (tertiary/aromatic N) is 4. The van der Waals surface area contributed by atoms with E-state index in [0.29, 0.717) is 0 Å². The lowest BCUT2D eigenvalue weighted by atomic mass is 10.2. The first-order valence-corrected chi connectivity index (χ1v) is 9.02. The summed E-state index contributed by atoms with van der Waals surface area (Å²) in [6, 6.07) is 12.2. The lowest BCUT2D eigenvalue weighted by molar-refractivity contribution is -0.668. The number of quaternary nitrogens is 1. The van der Waals surface area contributed by atoms with Gasteiger partial charge in [0.2, 0.25) is 5.16 Å². The van der Waals surface area contributed by atoms with E-state index in [-0.39, 0.29) is 0 Å². The summed E-state index contributed by atoms with van der Waals surface area (Å²) in [6.45, 7) is 1.81. The molecule has 0 bridgehead atoms. The van der Waals surface area contributed by atoms with Crippen LogP contribution in [0.25, 0.3) is 11.3 Å². The van der Waals surface area contributed by atoms with E-state index >= 15 is 0 Å². The number of furan rings is 1. The minimum Gasteiger partial charge on any atom is -0.455 e. The summed E-state index contributed by atoms with van der Waals surface area (Å²) in [4.78, 5) is 0. The number of benzene rings is 1. The van der Waals surface area contributed by atoms with E-state index in [9.17, 15) is 0 Å². The molecule has 3 aromatic rings. The molecule has 23 heavy (non-hydrogen) atoms. The third kappa shape index (κ3) is 4.43. The quantitative estimate of drug-likeness (QED) is 0.490. The predicted octanol–water partition coefficient (Wildman–Crippen LogP) is 2.09. The number of thioether (sulfide) groups is 1. The molecule has 2 heterocycles. The molecule has 0 amide bonds. The minimum atomic E-state index is 0.828. The van der Waals surface area contributed by atoms with Gasteiger partial charge in [0.25, 0.3) is 0 Å². The van der Waals surface area contributed by atoms with Crippen LogP contribution in [0, 0.1) is 0 Å². The summed E-state index contributed by atoms with van der Waals surface area (Å²) in [5.74, 6) is 2.84. The van der Waals surface area contributed by atoms with Crippen LogP contribution in [0.5, 0.6) is 0 Å². The van der Waals surface area contributed by atoms with Crippen molar-refractivity contribution >= 4 is 27.7 Å². The van der Waals surface area contributed by atoms with Crippen molar-refractivity contribution in [3.05, 3.63) is 46.6 Å². The lowest BCUT2D eigenvalue weighted by Gasteiger charge is -2.00. The highest BCUT2D eigenvalue weighted by Crippen LogP contribution is 2.23. The van der Waals surface area contributed by atoms with Crippen molar-refractivity contribution in [2.75, 3.05) is 12.3 Å². The Labute approximate surface area is 146 Å². The number of aryl methyl sites for hydroxylation is 1. The highest BCUT2D eigenvalue weighted by molar-refractivity contribution is 9.10. The number of halogens is 1. The van der Waals surface area contributed by atoms with Crippen LogP contribution in [0.3, 0.4) is 0 Å². The predicted molar refractivity (Wildman–Crippen MR) is 91.9 cm³/mol. The molecule has 0 saturated carbocycles. The van der Waals surface area contributed by atoms with Gasteiger partial charge < -0.3 is 9.73 Å². The Morgan fingerprint density at radius 2 is 2.04 bits per heavy atom. The maximum Gasteiger partial charge on any atom is 0.209 e. The van der Waals surface area contributed by atoms with Crippen molar-refractivity contribution in [1.82, 2.24) is 20.2 Å². The van der Waals surface area contributed by atoms with Crippen LogP contribution < -0.4 is 5.32 Å². The first-order valence-electron chi connectivity index (χ1n) is 7.24. The van der Waals surface area contributed by atoms with Gasteiger partial charge in [-0.25, -0.2) is 4.68 Å². The fourth-order valence-electron chi connectivity index (χ4n) is 2.08. The second-order valence-corrected chi connectivity index (χ2v) is 6.97. The fourth-order valence-corrected chi connectivity index (χ4v) is 3.13. The average molecular weight is 395 g/mol. The molecule has 3 rings (SSSR count). The summed E-state index contributed by atoms with van der Waals surface area (Å²) in [7, 11) is 1.85. The first kappa shape index (κ1) is 16.2. The third-order valence-corrected chi connectivity index (χ3v) is 4.84. The molecule has 0 atom stereocenters. The van der Waals surface area contributed by atoms with E-state index in [4.69, 9.17) is 4.42 Å². The molecule has 0 spiro atoms. The second kappa shape index (κ2) is 7.76. The number of aromatic nitrogens is 4. The summed E-state index contributed by atoms with van der Waals surface area (Å²) < 4.78 is 8.64. The molecule has 0 unspecified atom stereocenters. The number of tetrazole rings is 1. The van der Waals surface area contributed by atoms with Crippen LogP contribution in [-0.4, -0.2) is 32.5 Å². The van der Waals surface area contributed by atoms with Crippen molar-refractivity contribution in [3.8, 4) is 11.3 Å². The molecule has 2 N–H and O–H groups in total. The first-order chi connectivity index (χ1) is 11.2. The molecule has 0 aliphatic heterocycles. The van der Waals surface area contributed by atoms with Crippen LogP contribution in [0.1, 0.15) is 5.76 Å². The number of hydrogen-bond donors (Lipinski definition) is 1. The SMILES string of the molecule is Cn1nnnc1SCC[NH2+]Cc1ccc(-c2ccc(Br)cc2)o1. The Balaban J connectivity index is 1.44. The van der Waals surface area contributed by atoms with Crippen LogP contribution in [0.2, 0.25) is 0 Å². The molecular weight excluding hydrogens is 378 g/mol. The molecular formula is C15H17BrN5OS+. The maximum atomic E-state index is 5.89. The fraction of sp³-hybridized carbons (Fsp3) is 0.267. The number of hydrogen-bond acceptors (Lipinski definition) is 5. The molecule has 0 aliphatic carbocycles. The highest BCUT2D eigenvalue weighted by atomic mass is 79.9. The van der Waals surface area contributed by atoms with E-state index in [0.717, 1.165) is 45.6 Å². The van der Waals surface area contributed by atoms with Crippen LogP contribution >= 0.6 is 27.7 Å². The molecule has 8 heteroatoms. The molecule has 6 nitrogen and oxygen atoms in total. The zero-order valence-electron chi connectivity index (χ0n) is 12.6. The van der Waals surface area contributed by atoms with Gasteiger partial charge in [-0.1, -0.05) is 39.8 Å². The minimum absolute atomic E-state index is 0.828. The Kier molecular flexibility index (Phi) is 5.47. The third-order valence-electron chi connectivity index (χ3n) is 3.27. The summed E-state index contributed by atoms with van der Waals surface area (Å²) in [5.41, 5.74) is 1.09. The number of rotatable bonds is 7. The Bertz CT molecular complexity index is 755. The largest absolute Gasteiger partial charge is 0.455 e. The van der Waals surface area contributed by atoms with Gasteiger partial charge in [-0.05, 0) is 34.7 Å². The number of nitrogens with two attached hydrogens (primary N) is 1. The van der Waals surface area contributed by atoms with E-state index in [1.165, 1.54) is 0 Å². The highest BCUT2D eigenvalue weighted by Gasteiger charge is 2.07. The average Bonchev–Trinajstić information content (AvgIpc) is 3.17. The van der Waals surface area contributed by atoms with Gasteiger partial charge in [-0.15, -0.1) is 5.10 Å². The van der Waals surface area contributed by atoms with Crippen molar-refractivity contribution in [2.45, 2.75) is 11.7 Å². The summed E-state index contributed by atoms with van der Waals surface area (Å²) in [6.07, 6.45) is 0. The standard InChI is InChI=1S/C15H16BrN5OS/c1-21-15(18-19-20-21)23-9-8-17-10-13-6-7-14(22-13)11-2-4-12(16)5-3-11/h2-7,17H,8-10H2,1H3/p+1. The molecule has 0 fully saturated rings. The Hall–Kier alpha value is -1.64. The smallest absolute Gasteiger partial charge is 0.209 e. The van der Waals surface area contributed by atoms with Crippen LogP contribution in [-0.2, 0) is 13.6 Å². The molecule has 0 radical (unpaired) electrons. The van der Waals surface area contributed by atoms with Gasteiger partial charge in [0.15, 0.2) is 5.76 Å². The van der Waals surface area contributed by atoms with E-state index in [1.54, 1.807) is 16.4 Å². The topological polar surface area (TPSA) is 73.3 Å². The molecule has 120 valence electrons. The van der Waals surface area contributed by atoms with Crippen LogP contribution in [0.4, 0.5) is 0 Å². The van der Waals surface area contributed by atoms with Crippen molar-refractivity contribution < 1.29 is 9.73 Å². The summed E-state index contributed by atoms with van der Waals surface area (Å²) >= 11 is 5.09. The van der Waals surface area contributed by atoms with Gasteiger partial charge in [-0.3, -0.25) is 0 Å². The Morgan fingerprint density at radius 1 is 1.22 bits per heavy atom. The van der Waals surface area contributed by atoms with E-state index in [1.807, 2.05) is 43.4 Å². The van der Waals surface area contributed by atoms with E-state index < -0.39 is 0 Å². The van der Waals surface area contributed by atoms with Crippen molar-refractivity contribution in [1.29, 1.82) is 0 Å². The zero-order valence-corrected chi connectivity index (χ0v) is 15.0. The van der Waals surface area contributed by atoms with E-state index in [2.05, 4.69) is 36.8 Å². The lowest BCUT2D eigenvalue weighted by Crippen LogP contribution is -2.83. The van der Waals surface area contributed by atoms with Crippen molar-refractivity contribution in [3.63, 3.8) is 0 Å². The van der Waals surface area contributed by atoms with Gasteiger partial charge in [0.05, 0.1) is 12.3 Å². The normalized spacial score (nSPS) is 11.0. The maximum absolute atomic E-state index is 5.89. The molecule has 2 aromatic heterocycles. The summed E-state index contributed by atoms with van der Waals surface area (Å²) in [5, 5.41) is 14.4. The molecule has 0 saturated heterocycles. The molecule has 1 aromatic carbocycles. The molecule has 0 aliphatic rings. The van der Waals surface area contributed by atoms with Crippen molar-refractivity contribution in [2.24, 2.45) is 7.05 Å². The Morgan fingerprint density at radius 3 is 2.78 bits per heavy atom. The van der Waals surface area contributed by atoms with Gasteiger partial charge >= 0.3 is 0 Å². The monoisotopic (exact) mass is 394 g/mol. The second-order valence-electron chi connectivity index (χ2n) is 4.99. The van der Waals surface area contributed by atoms with Gasteiger partial charge in [0, 0.05) is 17.1 Å².